The molecule has 17 heavy (non-hydrogen) atoms. The van der Waals surface area contributed by atoms with Crippen molar-refractivity contribution in [3.05, 3.63) is 0 Å². The van der Waals surface area contributed by atoms with E-state index in [0.29, 0.717) is 18.8 Å². The Kier molecular flexibility index (Phi) is 5.40. The minimum absolute atomic E-state index is 0.588. The lowest BCUT2D eigenvalue weighted by Gasteiger charge is -2.44. The molecule has 1 aliphatic heterocycles. The molecular weight excluding hydrogens is 216 g/mol. The van der Waals surface area contributed by atoms with Gasteiger partial charge < -0.3 is 10.4 Å². The number of carbonyl (C=O) groups is 1. The van der Waals surface area contributed by atoms with Crippen LogP contribution in [0.1, 0.15) is 39.5 Å². The highest BCUT2D eigenvalue weighted by Crippen LogP contribution is 2.29. The van der Waals surface area contributed by atoms with E-state index in [-0.39, 0.29) is 0 Å². The van der Waals surface area contributed by atoms with Crippen molar-refractivity contribution in [2.24, 2.45) is 5.92 Å². The lowest BCUT2D eigenvalue weighted by molar-refractivity contribution is -0.154. The van der Waals surface area contributed by atoms with E-state index in [0.717, 1.165) is 26.1 Å². The molecule has 0 aromatic heterocycles. The van der Waals surface area contributed by atoms with Crippen LogP contribution in [-0.4, -0.2) is 48.2 Å². The van der Waals surface area contributed by atoms with Gasteiger partial charge in [0.05, 0.1) is 0 Å². The monoisotopic (exact) mass is 242 g/mol. The highest BCUT2D eigenvalue weighted by Gasteiger charge is 2.42. The van der Waals surface area contributed by atoms with Crippen LogP contribution in [0.2, 0.25) is 0 Å². The van der Waals surface area contributed by atoms with Gasteiger partial charge in [0.15, 0.2) is 0 Å². The number of carboxylic acids is 1. The number of aliphatic carboxylic acids is 1. The first-order valence-corrected chi connectivity index (χ1v) is 6.73. The van der Waals surface area contributed by atoms with Gasteiger partial charge in [-0.1, -0.05) is 13.8 Å². The predicted molar refractivity (Wildman–Crippen MR) is 69.2 cm³/mol. The molecule has 0 saturated carbocycles. The van der Waals surface area contributed by atoms with Crippen LogP contribution >= 0.6 is 0 Å². The van der Waals surface area contributed by atoms with Crippen molar-refractivity contribution in [2.75, 3.05) is 26.7 Å². The Balaban J connectivity index is 2.77. The molecule has 0 amide bonds. The van der Waals surface area contributed by atoms with E-state index in [2.05, 4.69) is 10.2 Å². The summed E-state index contributed by atoms with van der Waals surface area (Å²) in [6.07, 6.45) is 3.69. The van der Waals surface area contributed by atoms with E-state index in [1.165, 1.54) is 6.42 Å². The van der Waals surface area contributed by atoms with E-state index < -0.39 is 11.5 Å². The third kappa shape index (κ3) is 2.99. The number of piperidine rings is 1. The molecule has 4 nitrogen and oxygen atoms in total. The van der Waals surface area contributed by atoms with Crippen LogP contribution in [-0.2, 0) is 4.79 Å². The molecule has 1 heterocycles. The molecule has 0 aromatic carbocycles. The number of carboxylic acid groups (broad SMARTS) is 1. The third-order valence-corrected chi connectivity index (χ3v) is 4.18. The zero-order valence-corrected chi connectivity index (χ0v) is 11.3. The topological polar surface area (TPSA) is 52.6 Å². The molecular formula is C13H26N2O2. The van der Waals surface area contributed by atoms with Crippen molar-refractivity contribution in [3.63, 3.8) is 0 Å². The maximum absolute atomic E-state index is 11.6. The second kappa shape index (κ2) is 6.36. The van der Waals surface area contributed by atoms with Gasteiger partial charge in [0.25, 0.3) is 0 Å². The minimum atomic E-state index is -0.660. The predicted octanol–water partition coefficient (Wildman–Crippen LogP) is 1.56. The molecule has 4 heteroatoms. The summed E-state index contributed by atoms with van der Waals surface area (Å²) in [4.78, 5) is 13.8. The van der Waals surface area contributed by atoms with E-state index in [4.69, 9.17) is 0 Å². The van der Waals surface area contributed by atoms with E-state index in [1.807, 2.05) is 20.9 Å². The summed E-state index contributed by atoms with van der Waals surface area (Å²) in [5, 5.41) is 12.7. The van der Waals surface area contributed by atoms with Gasteiger partial charge in [0.2, 0.25) is 0 Å². The van der Waals surface area contributed by atoms with Crippen LogP contribution in [0.5, 0.6) is 0 Å². The Hall–Kier alpha value is -0.610. The van der Waals surface area contributed by atoms with E-state index in [1.54, 1.807) is 0 Å². The van der Waals surface area contributed by atoms with Gasteiger partial charge in [0.1, 0.15) is 5.54 Å². The van der Waals surface area contributed by atoms with E-state index >= 15 is 0 Å². The van der Waals surface area contributed by atoms with Crippen molar-refractivity contribution in [1.29, 1.82) is 0 Å². The summed E-state index contributed by atoms with van der Waals surface area (Å²) in [5.74, 6) is -0.0711. The Morgan fingerprint density at radius 3 is 2.59 bits per heavy atom. The largest absolute Gasteiger partial charge is 0.480 e. The number of likely N-dealkylation sites (tertiary alicyclic amines) is 1. The average Bonchev–Trinajstić information content (AvgIpc) is 2.32. The smallest absolute Gasteiger partial charge is 0.324 e. The number of hydrogen-bond donors (Lipinski definition) is 2. The fourth-order valence-corrected chi connectivity index (χ4v) is 3.04. The Morgan fingerprint density at radius 2 is 2.12 bits per heavy atom. The van der Waals surface area contributed by atoms with Gasteiger partial charge in [0, 0.05) is 6.54 Å². The lowest BCUT2D eigenvalue weighted by Crippen LogP contribution is -2.57. The van der Waals surface area contributed by atoms with Crippen molar-refractivity contribution < 1.29 is 9.90 Å². The Bertz CT molecular complexity index is 250. The summed E-state index contributed by atoms with van der Waals surface area (Å²) in [7, 11) is 1.96. The second-order valence-corrected chi connectivity index (χ2v) is 5.06. The fraction of sp³-hybridized carbons (Fsp3) is 0.923. The molecule has 0 aromatic rings. The summed E-state index contributed by atoms with van der Waals surface area (Å²) < 4.78 is 0. The Morgan fingerprint density at radius 1 is 1.47 bits per heavy atom. The quantitative estimate of drug-likeness (QED) is 0.742. The van der Waals surface area contributed by atoms with Crippen molar-refractivity contribution in [3.8, 4) is 0 Å². The van der Waals surface area contributed by atoms with Crippen LogP contribution in [0.3, 0.4) is 0 Å². The number of rotatable bonds is 6. The molecule has 0 spiro atoms. The molecule has 2 N–H and O–H groups in total. The number of nitrogens with zero attached hydrogens (tertiary/aromatic N) is 1. The maximum atomic E-state index is 11.6. The molecule has 1 saturated heterocycles. The van der Waals surface area contributed by atoms with Gasteiger partial charge in [-0.3, -0.25) is 9.69 Å². The number of hydrogen-bond acceptors (Lipinski definition) is 3. The van der Waals surface area contributed by atoms with Crippen molar-refractivity contribution in [2.45, 2.75) is 45.1 Å². The fourth-order valence-electron chi connectivity index (χ4n) is 3.04. The van der Waals surface area contributed by atoms with Crippen LogP contribution < -0.4 is 5.32 Å². The lowest BCUT2D eigenvalue weighted by atomic mass is 9.86. The zero-order valence-electron chi connectivity index (χ0n) is 11.3. The van der Waals surface area contributed by atoms with Gasteiger partial charge >= 0.3 is 5.97 Å². The second-order valence-electron chi connectivity index (χ2n) is 5.06. The van der Waals surface area contributed by atoms with Gasteiger partial charge in [-0.25, -0.2) is 0 Å². The molecule has 0 aliphatic carbocycles. The van der Waals surface area contributed by atoms with Gasteiger partial charge in [-0.05, 0) is 51.7 Å². The van der Waals surface area contributed by atoms with Crippen LogP contribution in [0, 0.1) is 5.92 Å². The molecule has 1 fully saturated rings. The zero-order chi connectivity index (χ0) is 12.9. The first-order chi connectivity index (χ1) is 8.10. The number of nitrogens with one attached hydrogen (secondary N) is 1. The van der Waals surface area contributed by atoms with Crippen LogP contribution in [0.25, 0.3) is 0 Å². The SMILES string of the molecule is CCC(CC)(C(=O)O)N1CCCC(CNC)C1. The molecule has 1 rings (SSSR count). The van der Waals surface area contributed by atoms with E-state index in [9.17, 15) is 9.90 Å². The molecule has 0 bridgehead atoms. The van der Waals surface area contributed by atoms with Crippen molar-refractivity contribution >= 4 is 5.97 Å². The molecule has 100 valence electrons. The summed E-state index contributed by atoms with van der Waals surface area (Å²) in [6.45, 7) is 6.79. The maximum Gasteiger partial charge on any atom is 0.324 e. The normalized spacial score (nSPS) is 22.6. The van der Waals surface area contributed by atoms with Gasteiger partial charge in [-0.15, -0.1) is 0 Å². The highest BCUT2D eigenvalue weighted by molar-refractivity contribution is 5.78. The van der Waals surface area contributed by atoms with Crippen molar-refractivity contribution in [1.82, 2.24) is 10.2 Å². The van der Waals surface area contributed by atoms with Crippen LogP contribution in [0.4, 0.5) is 0 Å². The average molecular weight is 242 g/mol. The molecule has 1 aliphatic rings. The summed E-state index contributed by atoms with van der Waals surface area (Å²) in [5.41, 5.74) is -0.646. The standard InChI is InChI=1S/C13H26N2O2/c1-4-13(5-2,12(16)17)15-8-6-7-11(10-15)9-14-3/h11,14H,4-10H2,1-3H3,(H,16,17). The highest BCUT2D eigenvalue weighted by atomic mass is 16.4. The summed E-state index contributed by atoms with van der Waals surface area (Å²) >= 11 is 0. The molecule has 1 atom stereocenters. The molecule has 0 radical (unpaired) electrons. The van der Waals surface area contributed by atoms with Crippen LogP contribution in [0.15, 0.2) is 0 Å². The third-order valence-electron chi connectivity index (χ3n) is 4.18. The first-order valence-electron chi connectivity index (χ1n) is 6.73. The van der Waals surface area contributed by atoms with Gasteiger partial charge in [-0.2, -0.15) is 0 Å². The summed E-state index contributed by atoms with van der Waals surface area (Å²) in [6, 6.07) is 0. The minimum Gasteiger partial charge on any atom is -0.480 e. The Labute approximate surface area is 104 Å². The molecule has 1 unspecified atom stereocenters. The first kappa shape index (κ1) is 14.5.